The second kappa shape index (κ2) is 10.4. The molecule has 3 aromatic rings. The van der Waals surface area contributed by atoms with Gasteiger partial charge in [0.1, 0.15) is 11.5 Å². The maximum absolute atomic E-state index is 13.0. The predicted octanol–water partition coefficient (Wildman–Crippen LogP) is 5.09. The molecule has 0 radical (unpaired) electrons. The zero-order valence-corrected chi connectivity index (χ0v) is 19.9. The maximum atomic E-state index is 13.0. The summed E-state index contributed by atoms with van der Waals surface area (Å²) < 4.78 is 39.2. The van der Waals surface area contributed by atoms with Gasteiger partial charge in [-0.15, -0.1) is 0 Å². The zero-order valence-electron chi connectivity index (χ0n) is 19.1. The van der Waals surface area contributed by atoms with Crippen LogP contribution in [0.15, 0.2) is 71.6 Å². The molecule has 0 unspecified atom stereocenters. The van der Waals surface area contributed by atoms with Crippen LogP contribution in [0.2, 0.25) is 0 Å². The fraction of sp³-hybridized carbons (Fsp3) is 0.240. The smallest absolute Gasteiger partial charge is 0.261 e. The van der Waals surface area contributed by atoms with Gasteiger partial charge in [-0.2, -0.15) is 0 Å². The number of nitrogens with one attached hydrogen (secondary N) is 2. The zero-order chi connectivity index (χ0) is 24.0. The molecule has 0 saturated heterocycles. The van der Waals surface area contributed by atoms with Crippen LogP contribution < -0.4 is 19.5 Å². The van der Waals surface area contributed by atoms with Crippen molar-refractivity contribution in [2.45, 2.75) is 25.7 Å². The van der Waals surface area contributed by atoms with Gasteiger partial charge in [-0.3, -0.25) is 9.52 Å². The minimum Gasteiger partial charge on any atom is -0.497 e. The highest BCUT2D eigenvalue weighted by molar-refractivity contribution is 7.92. The van der Waals surface area contributed by atoms with Gasteiger partial charge >= 0.3 is 0 Å². The van der Waals surface area contributed by atoms with Crippen LogP contribution in [0.25, 0.3) is 0 Å². The molecule has 3 aromatic carbocycles. The number of hydrogen-bond donors (Lipinski definition) is 2. The molecule has 174 valence electrons. The molecular weight excluding hydrogens is 440 g/mol. The van der Waals surface area contributed by atoms with E-state index in [1.165, 1.54) is 19.2 Å². The minimum atomic E-state index is -3.90. The third-order valence-corrected chi connectivity index (χ3v) is 6.19. The van der Waals surface area contributed by atoms with Crippen molar-refractivity contribution in [3.8, 4) is 11.5 Å². The van der Waals surface area contributed by atoms with E-state index in [1.54, 1.807) is 55.5 Å². The van der Waals surface area contributed by atoms with Gasteiger partial charge in [0.25, 0.3) is 15.9 Å². The quantitative estimate of drug-likeness (QED) is 0.456. The third kappa shape index (κ3) is 6.26. The number of ether oxygens (including phenoxy) is 2. The Kier molecular flexibility index (Phi) is 7.60. The van der Waals surface area contributed by atoms with Crippen molar-refractivity contribution in [3.63, 3.8) is 0 Å². The molecule has 0 heterocycles. The van der Waals surface area contributed by atoms with E-state index in [9.17, 15) is 13.2 Å². The fourth-order valence-electron chi connectivity index (χ4n) is 3.03. The van der Waals surface area contributed by atoms with E-state index in [4.69, 9.17) is 9.47 Å². The van der Waals surface area contributed by atoms with Crippen molar-refractivity contribution in [3.05, 3.63) is 77.9 Å². The van der Waals surface area contributed by atoms with E-state index in [-0.39, 0.29) is 10.5 Å². The second-order valence-corrected chi connectivity index (χ2v) is 9.65. The first-order chi connectivity index (χ1) is 15.7. The van der Waals surface area contributed by atoms with E-state index in [2.05, 4.69) is 10.0 Å². The molecular formula is C25H28N2O5S. The van der Waals surface area contributed by atoms with E-state index < -0.39 is 15.9 Å². The summed E-state index contributed by atoms with van der Waals surface area (Å²) in [6.45, 7) is 6.34. The fourth-order valence-corrected chi connectivity index (χ4v) is 4.11. The number of para-hydroxylation sites is 2. The Bertz CT molecular complexity index is 1220. The summed E-state index contributed by atoms with van der Waals surface area (Å²) in [5.41, 5.74) is 1.81. The normalized spacial score (nSPS) is 11.2. The molecule has 0 aliphatic heterocycles. The van der Waals surface area contributed by atoms with Crippen LogP contribution >= 0.6 is 0 Å². The van der Waals surface area contributed by atoms with E-state index in [1.807, 2.05) is 19.9 Å². The van der Waals surface area contributed by atoms with Crippen molar-refractivity contribution in [2.24, 2.45) is 5.92 Å². The summed E-state index contributed by atoms with van der Waals surface area (Å²) in [7, 11) is -2.37. The van der Waals surface area contributed by atoms with Gasteiger partial charge in [-0.25, -0.2) is 8.42 Å². The van der Waals surface area contributed by atoms with Crippen LogP contribution in [0.1, 0.15) is 29.8 Å². The molecule has 0 fully saturated rings. The monoisotopic (exact) mass is 468 g/mol. The standard InChI is InChI=1S/C25H28N2O5S/c1-17(2)16-32-24-8-6-5-7-23(24)26-25(28)22-15-21(14-9-18(22)3)33(29,30)27-19-10-12-20(31-4)13-11-19/h5-15,17,27H,16H2,1-4H3,(H,26,28). The second-order valence-electron chi connectivity index (χ2n) is 7.97. The number of carbonyl (C=O) groups is 1. The van der Waals surface area contributed by atoms with Gasteiger partial charge in [0, 0.05) is 11.3 Å². The van der Waals surface area contributed by atoms with Crippen molar-refractivity contribution < 1.29 is 22.7 Å². The topological polar surface area (TPSA) is 93.7 Å². The van der Waals surface area contributed by atoms with Gasteiger partial charge in [0.05, 0.1) is 24.3 Å². The first-order valence-corrected chi connectivity index (χ1v) is 12.0. The molecule has 0 aromatic heterocycles. The van der Waals surface area contributed by atoms with Crippen LogP contribution in [0, 0.1) is 12.8 Å². The Labute approximate surface area is 194 Å². The Hall–Kier alpha value is -3.52. The van der Waals surface area contributed by atoms with Crippen molar-refractivity contribution in [1.82, 2.24) is 0 Å². The number of hydrogen-bond acceptors (Lipinski definition) is 5. The van der Waals surface area contributed by atoms with Gasteiger partial charge in [0.15, 0.2) is 0 Å². The highest BCUT2D eigenvalue weighted by Crippen LogP contribution is 2.26. The van der Waals surface area contributed by atoms with Gasteiger partial charge < -0.3 is 14.8 Å². The molecule has 3 rings (SSSR count). The average Bonchev–Trinajstić information content (AvgIpc) is 2.78. The summed E-state index contributed by atoms with van der Waals surface area (Å²) >= 11 is 0. The lowest BCUT2D eigenvalue weighted by Crippen LogP contribution is -2.17. The molecule has 0 atom stereocenters. The number of methoxy groups -OCH3 is 1. The number of rotatable bonds is 9. The Morgan fingerprint density at radius 2 is 1.70 bits per heavy atom. The van der Waals surface area contributed by atoms with E-state index in [0.29, 0.717) is 41.0 Å². The number of sulfonamides is 1. The molecule has 0 saturated carbocycles. The summed E-state index contributed by atoms with van der Waals surface area (Å²) in [4.78, 5) is 13.0. The van der Waals surface area contributed by atoms with Crippen molar-refractivity contribution >= 4 is 27.3 Å². The summed E-state index contributed by atoms with van der Waals surface area (Å²) in [5.74, 6) is 1.08. The maximum Gasteiger partial charge on any atom is 0.261 e. The first kappa shape index (κ1) is 24.1. The van der Waals surface area contributed by atoms with E-state index in [0.717, 1.165) is 0 Å². The number of anilines is 2. The summed E-state index contributed by atoms with van der Waals surface area (Å²) in [6, 6.07) is 18.1. The van der Waals surface area contributed by atoms with E-state index >= 15 is 0 Å². The molecule has 33 heavy (non-hydrogen) atoms. The SMILES string of the molecule is COc1ccc(NS(=O)(=O)c2ccc(C)c(C(=O)Nc3ccccc3OCC(C)C)c2)cc1. The molecule has 8 heteroatoms. The van der Waals surface area contributed by atoms with Gasteiger partial charge in [-0.1, -0.05) is 32.0 Å². The van der Waals surface area contributed by atoms with Crippen LogP contribution in [0.5, 0.6) is 11.5 Å². The minimum absolute atomic E-state index is 0.0154. The molecule has 2 N–H and O–H groups in total. The van der Waals surface area contributed by atoms with Gasteiger partial charge in [0.2, 0.25) is 0 Å². The largest absolute Gasteiger partial charge is 0.497 e. The number of benzene rings is 3. The number of amides is 1. The van der Waals surface area contributed by atoms with Crippen molar-refractivity contribution in [1.29, 1.82) is 0 Å². The molecule has 0 bridgehead atoms. The highest BCUT2D eigenvalue weighted by atomic mass is 32.2. The number of aryl methyl sites for hydroxylation is 1. The summed E-state index contributed by atoms with van der Waals surface area (Å²) in [5, 5.41) is 2.84. The molecule has 0 spiro atoms. The third-order valence-electron chi connectivity index (χ3n) is 4.81. The lowest BCUT2D eigenvalue weighted by atomic mass is 10.1. The molecule has 7 nitrogen and oxygen atoms in total. The van der Waals surface area contributed by atoms with Crippen molar-refractivity contribution in [2.75, 3.05) is 23.8 Å². The Morgan fingerprint density at radius 3 is 2.36 bits per heavy atom. The summed E-state index contributed by atoms with van der Waals surface area (Å²) in [6.07, 6.45) is 0. The van der Waals surface area contributed by atoms with Gasteiger partial charge in [-0.05, 0) is 66.9 Å². The molecule has 0 aliphatic rings. The van der Waals surface area contributed by atoms with Crippen LogP contribution in [0.3, 0.4) is 0 Å². The first-order valence-electron chi connectivity index (χ1n) is 10.5. The molecule has 0 aliphatic carbocycles. The lowest BCUT2D eigenvalue weighted by Gasteiger charge is -2.15. The predicted molar refractivity (Wildman–Crippen MR) is 130 cm³/mol. The van der Waals surface area contributed by atoms with Crippen LogP contribution in [-0.4, -0.2) is 28.0 Å². The van der Waals surface area contributed by atoms with Crippen LogP contribution in [0.4, 0.5) is 11.4 Å². The average molecular weight is 469 g/mol. The Morgan fingerprint density at radius 1 is 1.00 bits per heavy atom. The highest BCUT2D eigenvalue weighted by Gasteiger charge is 2.19. The Balaban J connectivity index is 1.83. The number of carbonyl (C=O) groups excluding carboxylic acids is 1. The lowest BCUT2D eigenvalue weighted by molar-refractivity contribution is 0.102. The molecule has 1 amide bonds. The van der Waals surface area contributed by atoms with Crippen LogP contribution in [-0.2, 0) is 10.0 Å².